The van der Waals surface area contributed by atoms with E-state index in [1.165, 1.54) is 22.1 Å². The van der Waals surface area contributed by atoms with Crippen LogP contribution in [0, 0.1) is 5.82 Å². The number of benzene rings is 2. The summed E-state index contributed by atoms with van der Waals surface area (Å²) in [6.07, 6.45) is 1.28. The number of halogens is 2. The van der Waals surface area contributed by atoms with Gasteiger partial charge in [0.05, 0.1) is 23.8 Å². The number of carbonyl (C=O) groups is 1. The van der Waals surface area contributed by atoms with Gasteiger partial charge >= 0.3 is 0 Å². The molecule has 2 aliphatic heterocycles. The van der Waals surface area contributed by atoms with E-state index >= 15 is 0 Å². The average Bonchev–Trinajstić information content (AvgIpc) is 2.69. The van der Waals surface area contributed by atoms with Crippen LogP contribution in [0.4, 0.5) is 15.8 Å². The van der Waals surface area contributed by atoms with Crippen molar-refractivity contribution in [3.05, 3.63) is 63.9 Å². The van der Waals surface area contributed by atoms with Crippen LogP contribution >= 0.6 is 15.9 Å². The SMILES string of the molecule is O=C(C1=CN(c2ccc(Br)cc2)c2cc(F)ccc2S1(=O)=O)N1CCOCC1. The number of hydrogen-bond donors (Lipinski definition) is 0. The predicted octanol–water partition coefficient (Wildman–Crippen LogP) is 3.21. The molecule has 0 spiro atoms. The molecule has 1 fully saturated rings. The summed E-state index contributed by atoms with van der Waals surface area (Å²) in [5, 5.41) is 0. The first kappa shape index (κ1) is 19.1. The highest BCUT2D eigenvalue weighted by Crippen LogP contribution is 2.40. The topological polar surface area (TPSA) is 66.9 Å². The quantitative estimate of drug-likeness (QED) is 0.635. The maximum absolute atomic E-state index is 13.9. The number of carbonyl (C=O) groups excluding carboxylic acids is 1. The fraction of sp³-hybridized carbons (Fsp3) is 0.211. The minimum Gasteiger partial charge on any atom is -0.378 e. The molecule has 0 radical (unpaired) electrons. The zero-order valence-electron chi connectivity index (χ0n) is 14.6. The molecule has 146 valence electrons. The van der Waals surface area contributed by atoms with Gasteiger partial charge in [0, 0.05) is 29.4 Å². The third kappa shape index (κ3) is 3.34. The largest absolute Gasteiger partial charge is 0.378 e. The van der Waals surface area contributed by atoms with Gasteiger partial charge in [0.2, 0.25) is 9.84 Å². The molecule has 0 atom stereocenters. The first-order valence-corrected chi connectivity index (χ1v) is 10.8. The van der Waals surface area contributed by atoms with Gasteiger partial charge in [0.15, 0.2) is 4.91 Å². The number of fused-ring (bicyclic) bond motifs is 1. The molecule has 4 rings (SSSR count). The molecule has 1 saturated heterocycles. The van der Waals surface area contributed by atoms with Crippen molar-refractivity contribution >= 4 is 43.0 Å². The lowest BCUT2D eigenvalue weighted by atomic mass is 10.2. The van der Waals surface area contributed by atoms with Crippen molar-refractivity contribution in [1.82, 2.24) is 4.90 Å². The average molecular weight is 467 g/mol. The second kappa shape index (κ2) is 7.31. The van der Waals surface area contributed by atoms with Crippen LogP contribution in [0.2, 0.25) is 0 Å². The van der Waals surface area contributed by atoms with E-state index in [0.717, 1.165) is 16.6 Å². The van der Waals surface area contributed by atoms with Crippen LogP contribution in [0.5, 0.6) is 0 Å². The minimum atomic E-state index is -4.09. The number of anilines is 2. The van der Waals surface area contributed by atoms with Gasteiger partial charge in [-0.2, -0.15) is 0 Å². The number of amides is 1. The molecule has 0 unspecified atom stereocenters. The van der Waals surface area contributed by atoms with Gasteiger partial charge in [0.1, 0.15) is 5.82 Å². The van der Waals surface area contributed by atoms with E-state index in [4.69, 9.17) is 4.74 Å². The fourth-order valence-corrected chi connectivity index (χ4v) is 4.97. The Kier molecular flexibility index (Phi) is 4.98. The molecular weight excluding hydrogens is 451 g/mol. The summed E-state index contributed by atoms with van der Waals surface area (Å²) in [5.41, 5.74) is 0.776. The lowest BCUT2D eigenvalue weighted by Gasteiger charge is -2.32. The number of morpholine rings is 1. The van der Waals surface area contributed by atoms with Crippen LogP contribution in [0.1, 0.15) is 0 Å². The molecule has 2 heterocycles. The highest BCUT2D eigenvalue weighted by molar-refractivity contribution is 9.10. The Morgan fingerprint density at radius 2 is 1.75 bits per heavy atom. The standard InChI is InChI=1S/C19H16BrFN2O4S/c20-13-1-4-15(5-2-13)23-12-18(19(24)22-7-9-27-10-8-22)28(25,26)17-6-3-14(21)11-16(17)23/h1-6,11-12H,7-10H2. The van der Waals surface area contributed by atoms with Crippen molar-refractivity contribution < 1.29 is 22.3 Å². The van der Waals surface area contributed by atoms with Gasteiger partial charge in [-0.15, -0.1) is 0 Å². The van der Waals surface area contributed by atoms with Crippen molar-refractivity contribution in [3.8, 4) is 0 Å². The number of nitrogens with zero attached hydrogens (tertiary/aromatic N) is 2. The Morgan fingerprint density at radius 1 is 1.07 bits per heavy atom. The van der Waals surface area contributed by atoms with Crippen molar-refractivity contribution in [2.75, 3.05) is 31.2 Å². The maximum Gasteiger partial charge on any atom is 0.267 e. The Labute approximate surface area is 170 Å². The molecule has 6 nitrogen and oxygen atoms in total. The highest BCUT2D eigenvalue weighted by atomic mass is 79.9. The lowest BCUT2D eigenvalue weighted by Crippen LogP contribution is -2.43. The van der Waals surface area contributed by atoms with Crippen LogP contribution < -0.4 is 4.90 Å². The second-order valence-corrected chi connectivity index (χ2v) is 9.16. The molecule has 2 aromatic carbocycles. The Bertz CT molecular complexity index is 1060. The van der Waals surface area contributed by atoms with E-state index in [1.54, 1.807) is 24.3 Å². The van der Waals surface area contributed by atoms with Gasteiger partial charge in [0.25, 0.3) is 5.91 Å². The number of hydrogen-bond acceptors (Lipinski definition) is 5. The normalized spacial score (nSPS) is 18.4. The summed E-state index contributed by atoms with van der Waals surface area (Å²) in [5.74, 6) is -1.15. The summed E-state index contributed by atoms with van der Waals surface area (Å²) in [6, 6.07) is 10.5. The summed E-state index contributed by atoms with van der Waals surface area (Å²) in [6.45, 7) is 1.36. The van der Waals surface area contributed by atoms with Gasteiger partial charge < -0.3 is 14.5 Å². The highest BCUT2D eigenvalue weighted by Gasteiger charge is 2.38. The first-order chi connectivity index (χ1) is 13.4. The van der Waals surface area contributed by atoms with Crippen LogP contribution in [0.15, 0.2) is 62.9 Å². The van der Waals surface area contributed by atoms with Crippen molar-refractivity contribution in [2.45, 2.75) is 4.90 Å². The van der Waals surface area contributed by atoms with Crippen LogP contribution in [0.25, 0.3) is 0 Å². The zero-order chi connectivity index (χ0) is 19.9. The third-order valence-electron chi connectivity index (χ3n) is 4.62. The molecule has 0 bridgehead atoms. The van der Waals surface area contributed by atoms with Gasteiger partial charge in [-0.1, -0.05) is 15.9 Å². The minimum absolute atomic E-state index is 0.101. The molecule has 9 heteroatoms. The monoisotopic (exact) mass is 466 g/mol. The number of ether oxygens (including phenoxy) is 1. The van der Waals surface area contributed by atoms with Crippen LogP contribution in [0.3, 0.4) is 0 Å². The van der Waals surface area contributed by atoms with Crippen molar-refractivity contribution in [2.24, 2.45) is 0 Å². The van der Waals surface area contributed by atoms with E-state index in [0.29, 0.717) is 32.0 Å². The van der Waals surface area contributed by atoms with Gasteiger partial charge in [-0.25, -0.2) is 12.8 Å². The van der Waals surface area contributed by atoms with Crippen LogP contribution in [-0.4, -0.2) is 45.5 Å². The summed E-state index contributed by atoms with van der Waals surface area (Å²) < 4.78 is 46.2. The summed E-state index contributed by atoms with van der Waals surface area (Å²) >= 11 is 3.36. The Morgan fingerprint density at radius 3 is 2.43 bits per heavy atom. The van der Waals surface area contributed by atoms with E-state index < -0.39 is 21.6 Å². The molecule has 2 aliphatic rings. The Balaban J connectivity index is 1.87. The lowest BCUT2D eigenvalue weighted by molar-refractivity contribution is -0.130. The van der Waals surface area contributed by atoms with Crippen LogP contribution in [-0.2, 0) is 19.4 Å². The summed E-state index contributed by atoms with van der Waals surface area (Å²) in [4.78, 5) is 15.5. The summed E-state index contributed by atoms with van der Waals surface area (Å²) in [7, 11) is -4.09. The van der Waals surface area contributed by atoms with Gasteiger partial charge in [-0.3, -0.25) is 4.79 Å². The van der Waals surface area contributed by atoms with E-state index in [-0.39, 0.29) is 15.5 Å². The fourth-order valence-electron chi connectivity index (χ4n) is 3.19. The zero-order valence-corrected chi connectivity index (χ0v) is 17.0. The van der Waals surface area contributed by atoms with Crippen molar-refractivity contribution in [1.29, 1.82) is 0 Å². The molecule has 0 N–H and O–H groups in total. The smallest absolute Gasteiger partial charge is 0.267 e. The third-order valence-corrected chi connectivity index (χ3v) is 6.93. The molecule has 0 aliphatic carbocycles. The molecule has 0 aromatic heterocycles. The predicted molar refractivity (Wildman–Crippen MR) is 105 cm³/mol. The van der Waals surface area contributed by atoms with E-state index in [9.17, 15) is 17.6 Å². The molecule has 2 aromatic rings. The molecule has 1 amide bonds. The van der Waals surface area contributed by atoms with Crippen molar-refractivity contribution in [3.63, 3.8) is 0 Å². The number of sulfone groups is 1. The molecule has 0 saturated carbocycles. The van der Waals surface area contributed by atoms with E-state index in [1.807, 2.05) is 0 Å². The molecular formula is C19H16BrFN2O4S. The maximum atomic E-state index is 13.9. The van der Waals surface area contributed by atoms with E-state index in [2.05, 4.69) is 15.9 Å². The second-order valence-electron chi connectivity index (χ2n) is 6.36. The molecule has 28 heavy (non-hydrogen) atoms. The first-order valence-electron chi connectivity index (χ1n) is 8.56. The Hall–Kier alpha value is -2.23. The number of rotatable bonds is 2. The van der Waals surface area contributed by atoms with Gasteiger partial charge in [-0.05, 0) is 42.5 Å².